The second-order valence-corrected chi connectivity index (χ2v) is 8.34. The van der Waals surface area contributed by atoms with Gasteiger partial charge in [-0.05, 0) is 29.9 Å². The van der Waals surface area contributed by atoms with Crippen LogP contribution in [0, 0.1) is 5.82 Å². The number of hydrogen-bond acceptors (Lipinski definition) is 3. The second kappa shape index (κ2) is 6.40. The molecule has 0 aromatic heterocycles. The van der Waals surface area contributed by atoms with Crippen LogP contribution >= 0.6 is 35.0 Å². The first-order valence-electron chi connectivity index (χ1n) is 5.97. The summed E-state index contributed by atoms with van der Waals surface area (Å²) in [5, 5.41) is -0.127. The zero-order valence-corrected chi connectivity index (χ0v) is 13.9. The van der Waals surface area contributed by atoms with Crippen LogP contribution in [0.25, 0.3) is 0 Å². The predicted octanol–water partition coefficient (Wildman–Crippen LogP) is 3.34. The van der Waals surface area contributed by atoms with Crippen molar-refractivity contribution in [3.05, 3.63) is 28.5 Å². The van der Waals surface area contributed by atoms with Gasteiger partial charge in [-0.25, -0.2) is 12.8 Å². The van der Waals surface area contributed by atoms with Crippen molar-refractivity contribution in [2.75, 3.05) is 18.6 Å². The van der Waals surface area contributed by atoms with Crippen LogP contribution in [0.4, 0.5) is 4.39 Å². The van der Waals surface area contributed by atoms with Gasteiger partial charge in [0, 0.05) is 24.7 Å². The first-order valence-corrected chi connectivity index (χ1v) is 9.48. The molecule has 3 nitrogen and oxygen atoms in total. The van der Waals surface area contributed by atoms with Gasteiger partial charge in [-0.1, -0.05) is 11.6 Å². The zero-order valence-electron chi connectivity index (χ0n) is 10.8. The van der Waals surface area contributed by atoms with E-state index in [1.165, 1.54) is 17.4 Å². The molecule has 1 saturated heterocycles. The zero-order chi connectivity index (χ0) is 14.9. The van der Waals surface area contributed by atoms with Crippen molar-refractivity contribution in [3.63, 3.8) is 0 Å². The molecule has 1 aliphatic rings. The standard InChI is InChI=1S/C12H14Cl2FNO2S2/c1-16(9-2-3-19-7-9)20(17,18)10-4-8(6-13)12(14)11(15)5-10/h4-5,9H,2-3,6-7H2,1H3. The van der Waals surface area contributed by atoms with Crippen molar-refractivity contribution in [2.45, 2.75) is 23.2 Å². The fraction of sp³-hybridized carbons (Fsp3) is 0.500. The monoisotopic (exact) mass is 357 g/mol. The third-order valence-electron chi connectivity index (χ3n) is 3.32. The van der Waals surface area contributed by atoms with Gasteiger partial charge in [0.25, 0.3) is 0 Å². The van der Waals surface area contributed by atoms with Crippen LogP contribution in [-0.2, 0) is 15.9 Å². The van der Waals surface area contributed by atoms with Gasteiger partial charge in [0.05, 0.1) is 9.92 Å². The summed E-state index contributed by atoms with van der Waals surface area (Å²) in [7, 11) is -2.20. The Balaban J connectivity index is 2.41. The minimum Gasteiger partial charge on any atom is -0.207 e. The number of rotatable bonds is 4. The van der Waals surface area contributed by atoms with Crippen molar-refractivity contribution in [1.82, 2.24) is 4.31 Å². The largest absolute Gasteiger partial charge is 0.243 e. The predicted molar refractivity (Wildman–Crippen MR) is 81.6 cm³/mol. The van der Waals surface area contributed by atoms with Crippen molar-refractivity contribution in [3.8, 4) is 0 Å². The maximum absolute atomic E-state index is 13.7. The van der Waals surface area contributed by atoms with E-state index < -0.39 is 15.8 Å². The maximum Gasteiger partial charge on any atom is 0.243 e. The van der Waals surface area contributed by atoms with Gasteiger partial charge in [-0.15, -0.1) is 11.6 Å². The molecule has 20 heavy (non-hydrogen) atoms. The first-order chi connectivity index (χ1) is 9.37. The average Bonchev–Trinajstić information content (AvgIpc) is 2.94. The molecule has 0 saturated carbocycles. The minimum atomic E-state index is -3.73. The van der Waals surface area contributed by atoms with Crippen LogP contribution in [-0.4, -0.2) is 37.3 Å². The average molecular weight is 358 g/mol. The molecule has 1 aliphatic heterocycles. The van der Waals surface area contributed by atoms with E-state index in [9.17, 15) is 12.8 Å². The summed E-state index contributed by atoms with van der Waals surface area (Å²) in [5.41, 5.74) is 0.279. The molecule has 0 aliphatic carbocycles. The molecule has 1 fully saturated rings. The number of benzene rings is 1. The third-order valence-corrected chi connectivity index (χ3v) is 7.06. The normalized spacial score (nSPS) is 19.8. The topological polar surface area (TPSA) is 37.4 Å². The van der Waals surface area contributed by atoms with Gasteiger partial charge in [0.2, 0.25) is 10.0 Å². The number of halogens is 3. The lowest BCUT2D eigenvalue weighted by atomic mass is 10.2. The number of hydrogen-bond donors (Lipinski definition) is 0. The highest BCUT2D eigenvalue weighted by Gasteiger charge is 2.31. The molecule has 0 bridgehead atoms. The summed E-state index contributed by atoms with van der Waals surface area (Å²) < 4.78 is 40.1. The highest BCUT2D eigenvalue weighted by atomic mass is 35.5. The Morgan fingerprint density at radius 2 is 2.20 bits per heavy atom. The third kappa shape index (κ3) is 3.09. The number of thioether (sulfide) groups is 1. The van der Waals surface area contributed by atoms with Crippen LogP contribution in [0.5, 0.6) is 0 Å². The second-order valence-electron chi connectivity index (χ2n) is 4.55. The van der Waals surface area contributed by atoms with E-state index in [1.54, 1.807) is 11.8 Å². The first kappa shape index (κ1) is 16.4. The molecule has 0 amide bonds. The molecule has 1 aromatic rings. The summed E-state index contributed by atoms with van der Waals surface area (Å²) in [6.45, 7) is 0. The van der Waals surface area contributed by atoms with Gasteiger partial charge in [-0.3, -0.25) is 0 Å². The molecule has 8 heteroatoms. The Hall–Kier alpha value is -0.0100. The van der Waals surface area contributed by atoms with Gasteiger partial charge < -0.3 is 0 Å². The molecule has 0 N–H and O–H groups in total. The molecular weight excluding hydrogens is 344 g/mol. The fourth-order valence-electron chi connectivity index (χ4n) is 2.04. The molecule has 0 radical (unpaired) electrons. The quantitative estimate of drug-likeness (QED) is 0.775. The Morgan fingerprint density at radius 3 is 2.75 bits per heavy atom. The summed E-state index contributed by atoms with van der Waals surface area (Å²) in [5.74, 6) is 0.889. The van der Waals surface area contributed by atoms with Crippen LogP contribution < -0.4 is 0 Å². The van der Waals surface area contributed by atoms with Gasteiger partial charge >= 0.3 is 0 Å². The fourth-order valence-corrected chi connectivity index (χ4v) is 5.30. The summed E-state index contributed by atoms with van der Waals surface area (Å²) in [4.78, 5) is -0.102. The Bertz CT molecular complexity index is 604. The lowest BCUT2D eigenvalue weighted by Crippen LogP contribution is -2.37. The number of alkyl halides is 1. The SMILES string of the molecule is CN(C1CCSC1)S(=O)(=O)c1cc(F)c(Cl)c(CCl)c1. The molecule has 1 aromatic carbocycles. The highest BCUT2D eigenvalue weighted by molar-refractivity contribution is 7.99. The summed E-state index contributed by atoms with van der Waals surface area (Å²) >= 11 is 13.1. The summed E-state index contributed by atoms with van der Waals surface area (Å²) in [6, 6.07) is 2.24. The Kier molecular flexibility index (Phi) is 5.24. The molecule has 1 atom stereocenters. The molecular formula is C12H14Cl2FNO2S2. The van der Waals surface area contributed by atoms with Crippen molar-refractivity contribution >= 4 is 45.0 Å². The maximum atomic E-state index is 13.7. The Morgan fingerprint density at radius 1 is 1.50 bits per heavy atom. The van der Waals surface area contributed by atoms with Crippen LogP contribution in [0.2, 0.25) is 5.02 Å². The summed E-state index contributed by atoms with van der Waals surface area (Å²) in [6.07, 6.45) is 0.804. The van der Waals surface area contributed by atoms with Crippen molar-refractivity contribution in [2.24, 2.45) is 0 Å². The van der Waals surface area contributed by atoms with Gasteiger partial charge in [-0.2, -0.15) is 16.1 Å². The molecule has 112 valence electrons. The van der Waals surface area contributed by atoms with E-state index >= 15 is 0 Å². The van der Waals surface area contributed by atoms with E-state index in [0.29, 0.717) is 0 Å². The lowest BCUT2D eigenvalue weighted by Gasteiger charge is -2.23. The van der Waals surface area contributed by atoms with Crippen LogP contribution in [0.15, 0.2) is 17.0 Å². The van der Waals surface area contributed by atoms with Crippen molar-refractivity contribution < 1.29 is 12.8 Å². The van der Waals surface area contributed by atoms with Crippen molar-refractivity contribution in [1.29, 1.82) is 0 Å². The van der Waals surface area contributed by atoms with E-state index in [2.05, 4.69) is 0 Å². The van der Waals surface area contributed by atoms with E-state index in [1.807, 2.05) is 0 Å². The lowest BCUT2D eigenvalue weighted by molar-refractivity contribution is 0.394. The van der Waals surface area contributed by atoms with Gasteiger partial charge in [0.1, 0.15) is 5.82 Å². The van der Waals surface area contributed by atoms with Gasteiger partial charge in [0.15, 0.2) is 0 Å². The molecule has 1 heterocycles. The van der Waals surface area contributed by atoms with E-state index in [0.717, 1.165) is 24.0 Å². The number of nitrogens with zero attached hydrogens (tertiary/aromatic N) is 1. The molecule has 0 spiro atoms. The smallest absolute Gasteiger partial charge is 0.207 e. The van der Waals surface area contributed by atoms with E-state index in [-0.39, 0.29) is 27.4 Å². The Labute approximate surface area is 132 Å². The highest BCUT2D eigenvalue weighted by Crippen LogP contribution is 2.30. The number of sulfonamides is 1. The van der Waals surface area contributed by atoms with Crippen LogP contribution in [0.1, 0.15) is 12.0 Å². The molecule has 2 rings (SSSR count). The van der Waals surface area contributed by atoms with E-state index in [4.69, 9.17) is 23.2 Å². The minimum absolute atomic E-state index is 0.0396. The molecule has 1 unspecified atom stereocenters. The van der Waals surface area contributed by atoms with Crippen LogP contribution in [0.3, 0.4) is 0 Å².